The van der Waals surface area contributed by atoms with E-state index in [0.29, 0.717) is 25.4 Å². The zero-order valence-electron chi connectivity index (χ0n) is 11.0. The Morgan fingerprint density at radius 2 is 1.94 bits per heavy atom. The molecule has 0 aromatic carbocycles. The fourth-order valence-electron chi connectivity index (χ4n) is 1.74. The molecule has 1 N–H and O–H groups in total. The molecule has 0 aliphatic heterocycles. The summed E-state index contributed by atoms with van der Waals surface area (Å²) >= 11 is 0. The Morgan fingerprint density at radius 1 is 1.35 bits per heavy atom. The van der Waals surface area contributed by atoms with Crippen molar-refractivity contribution in [1.82, 2.24) is 8.61 Å². The maximum atomic E-state index is 12.3. The van der Waals surface area contributed by atoms with Crippen molar-refractivity contribution in [2.45, 2.75) is 39.2 Å². The molecule has 0 unspecified atom stereocenters. The number of aliphatic hydroxyl groups is 1. The Kier molecular flexibility index (Phi) is 5.37. The third kappa shape index (κ3) is 4.21. The molecule has 102 valence electrons. The highest BCUT2D eigenvalue weighted by Crippen LogP contribution is 2.30. The first-order valence-electron chi connectivity index (χ1n) is 6.23. The molecule has 1 fully saturated rings. The summed E-state index contributed by atoms with van der Waals surface area (Å²) in [4.78, 5) is 0. The van der Waals surface area contributed by atoms with Crippen LogP contribution < -0.4 is 0 Å². The number of hydrogen-bond donors (Lipinski definition) is 1. The van der Waals surface area contributed by atoms with Gasteiger partial charge in [0.1, 0.15) is 0 Å². The van der Waals surface area contributed by atoms with E-state index in [2.05, 4.69) is 0 Å². The normalized spacial score (nSPS) is 17.4. The van der Waals surface area contributed by atoms with Gasteiger partial charge in [-0.3, -0.25) is 0 Å². The molecule has 1 rings (SSSR count). The van der Waals surface area contributed by atoms with Crippen molar-refractivity contribution >= 4 is 10.2 Å². The Bertz CT molecular complexity index is 326. The van der Waals surface area contributed by atoms with E-state index in [-0.39, 0.29) is 12.6 Å². The fraction of sp³-hybridized carbons (Fsp3) is 1.00. The molecule has 0 heterocycles. The van der Waals surface area contributed by atoms with Crippen LogP contribution >= 0.6 is 0 Å². The average molecular weight is 264 g/mol. The molecule has 0 saturated heterocycles. The number of rotatable bonds is 8. The molecule has 0 radical (unpaired) electrons. The third-order valence-corrected chi connectivity index (χ3v) is 4.83. The van der Waals surface area contributed by atoms with Gasteiger partial charge in [0.15, 0.2) is 0 Å². The Hall–Kier alpha value is -0.170. The topological polar surface area (TPSA) is 60.9 Å². The lowest BCUT2D eigenvalue weighted by Crippen LogP contribution is -2.45. The van der Waals surface area contributed by atoms with Gasteiger partial charge in [-0.15, -0.1) is 0 Å². The van der Waals surface area contributed by atoms with Crippen molar-refractivity contribution in [1.29, 1.82) is 0 Å². The van der Waals surface area contributed by atoms with Crippen LogP contribution in [0, 0.1) is 5.92 Å². The summed E-state index contributed by atoms with van der Waals surface area (Å²) in [5.74, 6) is 0.330. The molecule has 1 aliphatic rings. The second-order valence-electron chi connectivity index (χ2n) is 5.10. The van der Waals surface area contributed by atoms with Crippen molar-refractivity contribution in [3.05, 3.63) is 0 Å². The lowest BCUT2D eigenvalue weighted by molar-refractivity contribution is 0.268. The van der Waals surface area contributed by atoms with Crippen LogP contribution in [0.4, 0.5) is 0 Å². The van der Waals surface area contributed by atoms with Crippen LogP contribution in [-0.2, 0) is 10.2 Å². The van der Waals surface area contributed by atoms with Gasteiger partial charge >= 0.3 is 0 Å². The molecule has 0 aromatic heterocycles. The van der Waals surface area contributed by atoms with Crippen molar-refractivity contribution in [3.63, 3.8) is 0 Å². The van der Waals surface area contributed by atoms with E-state index in [9.17, 15) is 8.42 Å². The summed E-state index contributed by atoms with van der Waals surface area (Å²) in [5, 5.41) is 8.75. The Balaban J connectivity index is 2.69. The molecule has 6 heteroatoms. The van der Waals surface area contributed by atoms with Crippen LogP contribution in [0.25, 0.3) is 0 Å². The summed E-state index contributed by atoms with van der Waals surface area (Å²) in [7, 11) is -1.77. The van der Waals surface area contributed by atoms with Crippen molar-refractivity contribution in [3.8, 4) is 0 Å². The molecule has 17 heavy (non-hydrogen) atoms. The van der Waals surface area contributed by atoms with Gasteiger partial charge < -0.3 is 5.11 Å². The van der Waals surface area contributed by atoms with E-state index in [1.54, 1.807) is 11.4 Å². The van der Waals surface area contributed by atoms with Crippen molar-refractivity contribution < 1.29 is 13.5 Å². The van der Waals surface area contributed by atoms with Gasteiger partial charge in [-0.25, -0.2) is 0 Å². The van der Waals surface area contributed by atoms with Crippen LogP contribution in [0.3, 0.4) is 0 Å². The summed E-state index contributed by atoms with van der Waals surface area (Å²) < 4.78 is 27.6. The fourth-order valence-corrected chi connectivity index (χ4v) is 3.53. The summed E-state index contributed by atoms with van der Waals surface area (Å²) in [6.07, 6.45) is 2.43. The van der Waals surface area contributed by atoms with Crippen LogP contribution in [0.15, 0.2) is 0 Å². The minimum Gasteiger partial charge on any atom is -0.396 e. The minimum absolute atomic E-state index is 0.0213. The first-order valence-corrected chi connectivity index (χ1v) is 7.63. The Morgan fingerprint density at radius 3 is 2.35 bits per heavy atom. The van der Waals surface area contributed by atoms with Crippen LogP contribution in [0.2, 0.25) is 0 Å². The summed E-state index contributed by atoms with van der Waals surface area (Å²) in [6.45, 7) is 5.03. The van der Waals surface area contributed by atoms with Gasteiger partial charge in [0.25, 0.3) is 10.2 Å². The van der Waals surface area contributed by atoms with Crippen molar-refractivity contribution in [2.75, 3.05) is 26.7 Å². The molecule has 1 aliphatic carbocycles. The average Bonchev–Trinajstić information content (AvgIpc) is 3.05. The third-order valence-electron chi connectivity index (χ3n) is 2.82. The molecule has 0 spiro atoms. The predicted molar refractivity (Wildman–Crippen MR) is 67.8 cm³/mol. The quantitative estimate of drug-likeness (QED) is 0.701. The first kappa shape index (κ1) is 14.9. The van der Waals surface area contributed by atoms with E-state index in [1.165, 1.54) is 4.31 Å². The van der Waals surface area contributed by atoms with E-state index >= 15 is 0 Å². The molecule has 0 amide bonds. The largest absolute Gasteiger partial charge is 0.396 e. The second-order valence-corrected chi connectivity index (χ2v) is 7.09. The highest BCUT2D eigenvalue weighted by molar-refractivity contribution is 7.86. The van der Waals surface area contributed by atoms with E-state index < -0.39 is 10.2 Å². The van der Waals surface area contributed by atoms with Gasteiger partial charge in [-0.1, -0.05) is 13.8 Å². The maximum absolute atomic E-state index is 12.3. The van der Waals surface area contributed by atoms with E-state index in [4.69, 9.17) is 5.11 Å². The molecule has 0 bridgehead atoms. The SMILES string of the molecule is CC(C)CN(C1CC1)S(=O)(=O)N(C)CCCO. The van der Waals surface area contributed by atoms with Crippen LogP contribution in [0.1, 0.15) is 33.1 Å². The van der Waals surface area contributed by atoms with Gasteiger partial charge in [0.05, 0.1) is 0 Å². The zero-order chi connectivity index (χ0) is 13.1. The highest BCUT2D eigenvalue weighted by Gasteiger charge is 2.39. The van der Waals surface area contributed by atoms with E-state index in [0.717, 1.165) is 12.8 Å². The lowest BCUT2D eigenvalue weighted by Gasteiger charge is -2.28. The zero-order valence-corrected chi connectivity index (χ0v) is 11.8. The van der Waals surface area contributed by atoms with Gasteiger partial charge in [-0.05, 0) is 25.2 Å². The van der Waals surface area contributed by atoms with Crippen LogP contribution in [-0.4, -0.2) is 54.9 Å². The number of nitrogens with zero attached hydrogens (tertiary/aromatic N) is 2. The summed E-state index contributed by atoms with van der Waals surface area (Å²) in [5.41, 5.74) is 0. The molecular formula is C11H24N2O3S. The monoisotopic (exact) mass is 264 g/mol. The Labute approximate surface area is 105 Å². The van der Waals surface area contributed by atoms with E-state index in [1.807, 2.05) is 13.8 Å². The number of aliphatic hydroxyl groups excluding tert-OH is 1. The standard InChI is InChI=1S/C11H24N2O3S/c1-10(2)9-13(11-5-6-11)17(15,16)12(3)7-4-8-14/h10-11,14H,4-9H2,1-3H3. The van der Waals surface area contributed by atoms with Crippen molar-refractivity contribution in [2.24, 2.45) is 5.92 Å². The maximum Gasteiger partial charge on any atom is 0.281 e. The molecule has 0 aromatic rings. The second kappa shape index (κ2) is 6.13. The molecular weight excluding hydrogens is 240 g/mol. The van der Waals surface area contributed by atoms with Gasteiger partial charge in [0, 0.05) is 32.8 Å². The minimum atomic E-state index is -3.35. The molecule has 5 nitrogen and oxygen atoms in total. The first-order chi connectivity index (χ1) is 7.89. The molecule has 1 saturated carbocycles. The smallest absolute Gasteiger partial charge is 0.281 e. The van der Waals surface area contributed by atoms with Gasteiger partial charge in [0.2, 0.25) is 0 Å². The number of hydrogen-bond acceptors (Lipinski definition) is 3. The lowest BCUT2D eigenvalue weighted by atomic mass is 10.2. The predicted octanol–water partition coefficient (Wildman–Crippen LogP) is 0.666. The summed E-state index contributed by atoms with van der Waals surface area (Å²) in [6, 6.07) is 0.193. The highest BCUT2D eigenvalue weighted by atomic mass is 32.2. The van der Waals surface area contributed by atoms with Crippen LogP contribution in [0.5, 0.6) is 0 Å². The van der Waals surface area contributed by atoms with Gasteiger partial charge in [-0.2, -0.15) is 17.0 Å². The molecule has 0 atom stereocenters.